The molecule has 1 aliphatic carbocycles. The van der Waals surface area contributed by atoms with Crippen LogP contribution in [0.2, 0.25) is 0 Å². The number of likely N-dealkylation sites (tertiary alicyclic amines) is 1. The standard InChI is InChI=1S/C21H30N6O.HI/c1-16-7-9-26(13-19(16)27-10-8-23-15-27)21(22-2)25-12-18-5-6-20(24-11-18)28-14-17-3-4-17;/h5-6,8,10-11,15-17,19H,3-4,7,9,12-14H2,1-2H3,(H,22,25);1H. The van der Waals surface area contributed by atoms with E-state index in [1.807, 2.05) is 31.8 Å². The molecule has 1 N–H and O–H groups in total. The lowest BCUT2D eigenvalue weighted by Crippen LogP contribution is -2.48. The molecule has 2 fully saturated rings. The molecule has 2 unspecified atom stereocenters. The van der Waals surface area contributed by atoms with Crippen LogP contribution >= 0.6 is 24.0 Å². The Morgan fingerprint density at radius 3 is 2.83 bits per heavy atom. The largest absolute Gasteiger partial charge is 0.477 e. The molecule has 1 saturated carbocycles. The van der Waals surface area contributed by atoms with Crippen molar-refractivity contribution in [1.82, 2.24) is 24.8 Å². The Morgan fingerprint density at radius 1 is 1.31 bits per heavy atom. The van der Waals surface area contributed by atoms with E-state index >= 15 is 0 Å². The van der Waals surface area contributed by atoms with Crippen LogP contribution in [0, 0.1) is 11.8 Å². The lowest BCUT2D eigenvalue weighted by atomic mass is 9.93. The van der Waals surface area contributed by atoms with E-state index in [0.717, 1.165) is 43.6 Å². The number of halogens is 1. The summed E-state index contributed by atoms with van der Waals surface area (Å²) in [6.07, 6.45) is 11.4. The van der Waals surface area contributed by atoms with Gasteiger partial charge in [0.2, 0.25) is 5.88 Å². The first-order valence-corrected chi connectivity index (χ1v) is 10.2. The van der Waals surface area contributed by atoms with Crippen LogP contribution in [0.25, 0.3) is 0 Å². The van der Waals surface area contributed by atoms with E-state index in [2.05, 4.69) is 48.9 Å². The molecule has 8 heteroatoms. The molecule has 0 radical (unpaired) electrons. The Bertz CT molecular complexity index is 775. The fraction of sp³-hybridized carbons (Fsp3) is 0.571. The van der Waals surface area contributed by atoms with Gasteiger partial charge in [-0.3, -0.25) is 4.99 Å². The molecule has 1 aliphatic heterocycles. The second-order valence-corrected chi connectivity index (χ2v) is 7.95. The van der Waals surface area contributed by atoms with E-state index < -0.39 is 0 Å². The number of hydrogen-bond acceptors (Lipinski definition) is 4. The summed E-state index contributed by atoms with van der Waals surface area (Å²) >= 11 is 0. The number of rotatable bonds is 6. The van der Waals surface area contributed by atoms with Crippen LogP contribution in [-0.4, -0.2) is 52.1 Å². The van der Waals surface area contributed by atoms with Gasteiger partial charge in [-0.15, -0.1) is 24.0 Å². The van der Waals surface area contributed by atoms with Gasteiger partial charge >= 0.3 is 0 Å². The van der Waals surface area contributed by atoms with Gasteiger partial charge in [0.25, 0.3) is 0 Å². The lowest BCUT2D eigenvalue weighted by molar-refractivity contribution is 0.189. The van der Waals surface area contributed by atoms with Gasteiger partial charge in [0, 0.05) is 51.3 Å². The molecule has 4 rings (SSSR count). The predicted octanol–water partition coefficient (Wildman–Crippen LogP) is 3.34. The minimum atomic E-state index is 0. The number of piperidine rings is 1. The van der Waals surface area contributed by atoms with E-state index in [0.29, 0.717) is 24.4 Å². The number of pyridine rings is 1. The Labute approximate surface area is 190 Å². The Hall–Kier alpha value is -1.84. The molecule has 0 bridgehead atoms. The van der Waals surface area contributed by atoms with Crippen LogP contribution in [0.3, 0.4) is 0 Å². The van der Waals surface area contributed by atoms with Crippen molar-refractivity contribution in [2.45, 2.75) is 38.8 Å². The summed E-state index contributed by atoms with van der Waals surface area (Å²) < 4.78 is 7.93. The van der Waals surface area contributed by atoms with Crippen LogP contribution in [-0.2, 0) is 6.54 Å². The van der Waals surface area contributed by atoms with Gasteiger partial charge in [0.05, 0.1) is 19.0 Å². The van der Waals surface area contributed by atoms with Crippen molar-refractivity contribution in [3.63, 3.8) is 0 Å². The third-order valence-corrected chi connectivity index (χ3v) is 5.75. The number of nitrogens with one attached hydrogen (secondary N) is 1. The average Bonchev–Trinajstić information content (AvgIpc) is 3.40. The summed E-state index contributed by atoms with van der Waals surface area (Å²) in [5.74, 6) is 3.01. The molecule has 2 aromatic heterocycles. The average molecular weight is 510 g/mol. The first-order chi connectivity index (χ1) is 13.7. The van der Waals surface area contributed by atoms with E-state index in [4.69, 9.17) is 4.74 Å². The lowest BCUT2D eigenvalue weighted by Gasteiger charge is -2.39. The molecule has 1 saturated heterocycles. The summed E-state index contributed by atoms with van der Waals surface area (Å²) in [6.45, 7) is 5.76. The van der Waals surface area contributed by atoms with Crippen LogP contribution in [0.1, 0.15) is 37.8 Å². The third-order valence-electron chi connectivity index (χ3n) is 5.75. The zero-order valence-corrected chi connectivity index (χ0v) is 19.5. The van der Waals surface area contributed by atoms with Crippen LogP contribution in [0.5, 0.6) is 5.88 Å². The van der Waals surface area contributed by atoms with Gasteiger partial charge in [-0.2, -0.15) is 0 Å². The van der Waals surface area contributed by atoms with Crippen LogP contribution < -0.4 is 10.1 Å². The number of ether oxygens (including phenoxy) is 1. The summed E-state index contributed by atoms with van der Waals surface area (Å²) in [7, 11) is 1.85. The van der Waals surface area contributed by atoms with E-state index in [9.17, 15) is 0 Å². The SMILES string of the molecule is CN=C(NCc1ccc(OCC2CC2)nc1)N1CCC(C)C(n2ccnc2)C1.I. The molecule has 2 aliphatic rings. The molecular formula is C21H31IN6O. The molecular weight excluding hydrogens is 479 g/mol. The highest BCUT2D eigenvalue weighted by atomic mass is 127. The molecule has 2 aromatic rings. The topological polar surface area (TPSA) is 67.6 Å². The number of hydrogen-bond donors (Lipinski definition) is 1. The van der Waals surface area contributed by atoms with Crippen molar-refractivity contribution in [2.75, 3.05) is 26.7 Å². The van der Waals surface area contributed by atoms with Gasteiger partial charge in [-0.1, -0.05) is 13.0 Å². The number of guanidine groups is 1. The maximum Gasteiger partial charge on any atom is 0.213 e. The molecule has 3 heterocycles. The van der Waals surface area contributed by atoms with Crippen molar-refractivity contribution in [3.8, 4) is 5.88 Å². The maximum atomic E-state index is 5.71. The summed E-state index contributed by atoms with van der Waals surface area (Å²) in [6, 6.07) is 4.45. The van der Waals surface area contributed by atoms with Crippen LogP contribution in [0.15, 0.2) is 42.0 Å². The first-order valence-electron chi connectivity index (χ1n) is 10.2. The zero-order valence-electron chi connectivity index (χ0n) is 17.2. The highest BCUT2D eigenvalue weighted by Gasteiger charge is 2.28. The van der Waals surface area contributed by atoms with Gasteiger partial charge < -0.3 is 19.5 Å². The van der Waals surface area contributed by atoms with Gasteiger partial charge in [0.1, 0.15) is 0 Å². The molecule has 0 aromatic carbocycles. The van der Waals surface area contributed by atoms with E-state index in [-0.39, 0.29) is 24.0 Å². The Balaban J connectivity index is 0.00000240. The molecule has 158 valence electrons. The van der Waals surface area contributed by atoms with Crippen molar-refractivity contribution in [1.29, 1.82) is 0 Å². The fourth-order valence-electron chi connectivity index (χ4n) is 3.70. The molecule has 0 amide bonds. The summed E-state index contributed by atoms with van der Waals surface area (Å²) in [5.41, 5.74) is 1.12. The number of aromatic nitrogens is 3. The Kier molecular flexibility index (Phi) is 7.74. The van der Waals surface area contributed by atoms with E-state index in [1.54, 1.807) is 0 Å². The predicted molar refractivity (Wildman–Crippen MR) is 125 cm³/mol. The second kappa shape index (κ2) is 10.3. The number of nitrogens with zero attached hydrogens (tertiary/aromatic N) is 5. The highest BCUT2D eigenvalue weighted by molar-refractivity contribution is 14.0. The monoisotopic (exact) mass is 510 g/mol. The van der Waals surface area contributed by atoms with Crippen molar-refractivity contribution in [2.24, 2.45) is 16.8 Å². The van der Waals surface area contributed by atoms with Crippen molar-refractivity contribution in [3.05, 3.63) is 42.6 Å². The number of aliphatic imine (C=N–C) groups is 1. The smallest absolute Gasteiger partial charge is 0.213 e. The second-order valence-electron chi connectivity index (χ2n) is 7.95. The summed E-state index contributed by atoms with van der Waals surface area (Å²) in [4.78, 5) is 15.5. The third kappa shape index (κ3) is 5.83. The molecule has 7 nitrogen and oxygen atoms in total. The number of imidazole rings is 1. The normalized spacial score (nSPS) is 22.1. The summed E-state index contributed by atoms with van der Waals surface area (Å²) in [5, 5.41) is 3.49. The quantitative estimate of drug-likeness (QED) is 0.367. The van der Waals surface area contributed by atoms with Gasteiger partial charge in [0.15, 0.2) is 5.96 Å². The van der Waals surface area contributed by atoms with E-state index in [1.165, 1.54) is 12.8 Å². The fourth-order valence-corrected chi connectivity index (χ4v) is 3.70. The molecule has 29 heavy (non-hydrogen) atoms. The zero-order chi connectivity index (χ0) is 19.3. The molecule has 2 atom stereocenters. The Morgan fingerprint density at radius 2 is 2.17 bits per heavy atom. The first kappa shape index (κ1) is 21.9. The van der Waals surface area contributed by atoms with Crippen molar-refractivity contribution < 1.29 is 4.74 Å². The van der Waals surface area contributed by atoms with Gasteiger partial charge in [-0.05, 0) is 36.7 Å². The highest BCUT2D eigenvalue weighted by Crippen LogP contribution is 2.29. The minimum Gasteiger partial charge on any atom is -0.477 e. The van der Waals surface area contributed by atoms with Crippen LogP contribution in [0.4, 0.5) is 0 Å². The van der Waals surface area contributed by atoms with Gasteiger partial charge in [-0.25, -0.2) is 9.97 Å². The van der Waals surface area contributed by atoms with Crippen molar-refractivity contribution >= 4 is 29.9 Å². The minimum absolute atomic E-state index is 0. The maximum absolute atomic E-state index is 5.71. The molecule has 0 spiro atoms.